The van der Waals surface area contributed by atoms with Gasteiger partial charge in [-0.2, -0.15) is 12.7 Å². The highest BCUT2D eigenvalue weighted by atomic mass is 35.5. The number of halogens is 2. The molecule has 35 heavy (non-hydrogen) atoms. The monoisotopic (exact) mass is 566 g/mol. The van der Waals surface area contributed by atoms with Gasteiger partial charge in [-0.15, -0.1) is 0 Å². The van der Waals surface area contributed by atoms with E-state index in [4.69, 9.17) is 27.8 Å². The highest BCUT2D eigenvalue weighted by Gasteiger charge is 2.40. The maximum Gasteiger partial charge on any atom is 0.446 e. The van der Waals surface area contributed by atoms with Gasteiger partial charge in [-0.05, 0) is 48.7 Å². The number of aliphatic carboxylic acids is 1. The molecule has 190 valence electrons. The summed E-state index contributed by atoms with van der Waals surface area (Å²) < 4.78 is 61.8. The summed E-state index contributed by atoms with van der Waals surface area (Å²) in [6.07, 6.45) is 0.391. The molecule has 0 aliphatic carbocycles. The van der Waals surface area contributed by atoms with Crippen LogP contribution in [0.15, 0.2) is 47.4 Å². The van der Waals surface area contributed by atoms with Crippen molar-refractivity contribution in [3.63, 3.8) is 0 Å². The molecule has 1 fully saturated rings. The van der Waals surface area contributed by atoms with Gasteiger partial charge in [0.05, 0.1) is 4.90 Å². The molecular weight excluding hydrogens is 547 g/mol. The first kappa shape index (κ1) is 27.2. The molecule has 3 N–H and O–H groups in total. The summed E-state index contributed by atoms with van der Waals surface area (Å²) in [5, 5.41) is 12.2. The predicted octanol–water partition coefficient (Wildman–Crippen LogP) is 2.14. The van der Waals surface area contributed by atoms with Crippen LogP contribution < -0.4 is 9.50 Å². The number of nitrogens with zero attached hydrogens (tertiary/aromatic N) is 1. The number of amides is 1. The third-order valence-corrected chi connectivity index (χ3v) is 7.85. The Balaban J connectivity index is 1.75. The highest BCUT2D eigenvalue weighted by molar-refractivity contribution is 7.89. The van der Waals surface area contributed by atoms with Crippen LogP contribution in [0.4, 0.5) is 0 Å². The molecule has 1 saturated heterocycles. The lowest BCUT2D eigenvalue weighted by atomic mass is 10.1. The van der Waals surface area contributed by atoms with Crippen molar-refractivity contribution >= 4 is 55.5 Å². The molecule has 1 aliphatic rings. The van der Waals surface area contributed by atoms with Crippen LogP contribution in [-0.2, 0) is 36.4 Å². The lowest BCUT2D eigenvalue weighted by molar-refractivity contribution is -0.142. The van der Waals surface area contributed by atoms with E-state index in [0.717, 1.165) is 4.31 Å². The van der Waals surface area contributed by atoms with Gasteiger partial charge >= 0.3 is 16.4 Å². The Bertz CT molecular complexity index is 1310. The van der Waals surface area contributed by atoms with Crippen molar-refractivity contribution in [2.24, 2.45) is 0 Å². The van der Waals surface area contributed by atoms with Crippen LogP contribution in [0.2, 0.25) is 10.0 Å². The molecule has 0 spiro atoms. The first-order chi connectivity index (χ1) is 16.3. The summed E-state index contributed by atoms with van der Waals surface area (Å²) >= 11 is 11.8. The molecule has 1 heterocycles. The van der Waals surface area contributed by atoms with Crippen LogP contribution in [0.3, 0.4) is 0 Å². The van der Waals surface area contributed by atoms with Gasteiger partial charge in [0.15, 0.2) is 0 Å². The Morgan fingerprint density at radius 1 is 1.09 bits per heavy atom. The van der Waals surface area contributed by atoms with Crippen molar-refractivity contribution in [2.75, 3.05) is 6.54 Å². The summed E-state index contributed by atoms with van der Waals surface area (Å²) in [4.78, 5) is 24.5. The Morgan fingerprint density at radius 3 is 2.23 bits per heavy atom. The molecule has 3 rings (SSSR count). The Hall–Kier alpha value is -2.42. The zero-order chi connectivity index (χ0) is 26.0. The van der Waals surface area contributed by atoms with E-state index in [-0.39, 0.29) is 40.1 Å². The van der Waals surface area contributed by atoms with Crippen molar-refractivity contribution in [3.8, 4) is 5.75 Å². The number of hydrogen-bond donors (Lipinski definition) is 3. The SMILES string of the molecule is O=C(O)[C@H](Cc1ccc(OS(=O)(=O)O)cc1)NC(=O)[C@@H]1CCCN1S(=O)(=O)c1cc(Cl)cc(Cl)c1. The fourth-order valence-corrected chi connectivity index (χ4v) is 6.35. The van der Waals surface area contributed by atoms with Gasteiger partial charge in [0, 0.05) is 23.0 Å². The standard InChI is InChI=1S/C20H20Cl2N2O9S2/c21-13-9-14(22)11-16(10-13)34(28,29)24-7-1-2-18(24)19(25)23-17(20(26)27)8-12-3-5-15(6-4-12)33-35(30,31)32/h3-6,9-11,17-18H,1-2,7-8H2,(H,23,25)(H,26,27)(H,30,31,32)/t17-,18-/m0/s1. The number of carboxylic acids is 1. The van der Waals surface area contributed by atoms with Crippen LogP contribution >= 0.6 is 23.2 Å². The second kappa shape index (κ2) is 10.7. The van der Waals surface area contributed by atoms with Crippen LogP contribution in [-0.4, -0.2) is 61.3 Å². The van der Waals surface area contributed by atoms with E-state index in [2.05, 4.69) is 9.50 Å². The van der Waals surface area contributed by atoms with Gasteiger partial charge in [-0.3, -0.25) is 9.35 Å². The molecule has 1 amide bonds. The number of benzene rings is 2. The van der Waals surface area contributed by atoms with Crippen LogP contribution in [0.5, 0.6) is 5.75 Å². The smallest absolute Gasteiger partial charge is 0.446 e. The summed E-state index contributed by atoms with van der Waals surface area (Å²) in [6.45, 7) is 0.0531. The zero-order valence-electron chi connectivity index (χ0n) is 17.8. The Labute approximate surface area is 211 Å². The topological polar surface area (TPSA) is 167 Å². The molecule has 11 nitrogen and oxygen atoms in total. The molecule has 15 heteroatoms. The summed E-state index contributed by atoms with van der Waals surface area (Å²) in [5.41, 5.74) is 0.407. The average Bonchev–Trinajstić information content (AvgIpc) is 3.24. The highest BCUT2D eigenvalue weighted by Crippen LogP contribution is 2.30. The number of carboxylic acid groups (broad SMARTS) is 1. The third kappa shape index (κ3) is 7.06. The number of nitrogens with one attached hydrogen (secondary N) is 1. The fraction of sp³-hybridized carbons (Fsp3) is 0.300. The molecule has 0 radical (unpaired) electrons. The zero-order valence-corrected chi connectivity index (χ0v) is 20.9. The minimum atomic E-state index is -4.71. The number of rotatable bonds is 9. The van der Waals surface area contributed by atoms with Crippen LogP contribution in [0.25, 0.3) is 0 Å². The van der Waals surface area contributed by atoms with E-state index in [1.165, 1.54) is 42.5 Å². The van der Waals surface area contributed by atoms with Gasteiger partial charge in [-0.25, -0.2) is 13.2 Å². The van der Waals surface area contributed by atoms with Crippen molar-refractivity contribution in [1.29, 1.82) is 0 Å². The Kier molecular flexibility index (Phi) is 8.29. The first-order valence-corrected chi connectivity index (χ1v) is 13.6. The third-order valence-electron chi connectivity index (χ3n) is 5.13. The van der Waals surface area contributed by atoms with Crippen molar-refractivity contribution in [3.05, 3.63) is 58.1 Å². The number of sulfonamides is 1. The number of hydrogen-bond acceptors (Lipinski definition) is 7. The van der Waals surface area contributed by atoms with Gasteiger partial charge < -0.3 is 14.6 Å². The van der Waals surface area contributed by atoms with Crippen LogP contribution in [0.1, 0.15) is 18.4 Å². The summed E-state index contributed by atoms with van der Waals surface area (Å²) in [5.74, 6) is -2.33. The minimum absolute atomic E-state index is 0.0531. The van der Waals surface area contributed by atoms with Gasteiger partial charge in [0.1, 0.15) is 17.8 Å². The summed E-state index contributed by atoms with van der Waals surface area (Å²) in [7, 11) is -8.85. The minimum Gasteiger partial charge on any atom is -0.480 e. The average molecular weight is 567 g/mol. The molecule has 2 aromatic carbocycles. The maximum atomic E-state index is 13.1. The Morgan fingerprint density at radius 2 is 1.69 bits per heavy atom. The fourth-order valence-electron chi connectivity index (χ4n) is 3.61. The van der Waals surface area contributed by atoms with E-state index in [9.17, 15) is 31.5 Å². The van der Waals surface area contributed by atoms with Gasteiger partial charge in [0.25, 0.3) is 0 Å². The molecule has 2 aromatic rings. The molecule has 2 atom stereocenters. The summed E-state index contributed by atoms with van der Waals surface area (Å²) in [6, 6.07) is 6.38. The number of carbonyl (C=O) groups excluding carboxylic acids is 1. The van der Waals surface area contributed by atoms with E-state index >= 15 is 0 Å². The van der Waals surface area contributed by atoms with E-state index in [0.29, 0.717) is 12.0 Å². The molecule has 1 aliphatic heterocycles. The van der Waals surface area contributed by atoms with Crippen molar-refractivity contribution in [1.82, 2.24) is 9.62 Å². The molecule has 0 unspecified atom stereocenters. The predicted molar refractivity (Wildman–Crippen MR) is 125 cm³/mol. The normalized spacial score (nSPS) is 17.6. The van der Waals surface area contributed by atoms with Gasteiger partial charge in [-0.1, -0.05) is 35.3 Å². The second-order valence-corrected chi connectivity index (χ2v) is 11.4. The largest absolute Gasteiger partial charge is 0.480 e. The van der Waals surface area contributed by atoms with Crippen LogP contribution in [0, 0.1) is 0 Å². The van der Waals surface area contributed by atoms with E-state index in [1.807, 2.05) is 0 Å². The van der Waals surface area contributed by atoms with E-state index < -0.39 is 44.4 Å². The van der Waals surface area contributed by atoms with Crippen molar-refractivity contribution in [2.45, 2.75) is 36.2 Å². The van der Waals surface area contributed by atoms with Gasteiger partial charge in [0.2, 0.25) is 15.9 Å². The molecule has 0 saturated carbocycles. The molecular formula is C20H20Cl2N2O9S2. The molecule has 0 bridgehead atoms. The lowest BCUT2D eigenvalue weighted by Gasteiger charge is -2.25. The maximum absolute atomic E-state index is 13.1. The lowest BCUT2D eigenvalue weighted by Crippen LogP contribution is -2.51. The molecule has 0 aromatic heterocycles. The quantitative estimate of drug-likeness (QED) is 0.385. The number of carbonyl (C=O) groups is 2. The van der Waals surface area contributed by atoms with Crippen molar-refractivity contribution < 1.29 is 40.3 Å². The second-order valence-electron chi connectivity index (χ2n) is 7.64. The van der Waals surface area contributed by atoms with E-state index in [1.54, 1.807) is 0 Å². The first-order valence-electron chi connectivity index (χ1n) is 10.0.